The second-order valence-corrected chi connectivity index (χ2v) is 6.93. The molecule has 0 saturated heterocycles. The van der Waals surface area contributed by atoms with E-state index in [1.54, 1.807) is 0 Å². The van der Waals surface area contributed by atoms with Gasteiger partial charge in [0, 0.05) is 11.9 Å². The van der Waals surface area contributed by atoms with Gasteiger partial charge in [0.15, 0.2) is 0 Å². The molecule has 2 aromatic rings. The number of benzene rings is 1. The number of alkyl halides is 6. The first kappa shape index (κ1) is 23.0. The number of pyridine rings is 1. The third-order valence-corrected chi connectivity index (χ3v) is 4.54. The molecule has 1 aromatic heterocycles. The van der Waals surface area contributed by atoms with Crippen LogP contribution in [-0.2, 0) is 18.8 Å². The van der Waals surface area contributed by atoms with Crippen molar-refractivity contribution in [3.8, 4) is 5.75 Å². The summed E-state index contributed by atoms with van der Waals surface area (Å²) in [7, 11) is 0. The Hall–Kier alpha value is -2.25. The summed E-state index contributed by atoms with van der Waals surface area (Å²) in [5, 5.41) is 0. The lowest BCUT2D eigenvalue weighted by atomic mass is 10.0. The summed E-state index contributed by atoms with van der Waals surface area (Å²) in [6.45, 7) is 3.34. The quantitative estimate of drug-likeness (QED) is 0.430. The van der Waals surface area contributed by atoms with Crippen LogP contribution < -0.4 is 4.74 Å². The fraction of sp³-hybridized carbons (Fsp3) is 0.476. The molecule has 1 aromatic carbocycles. The molecule has 1 heterocycles. The minimum Gasteiger partial charge on any atom is -0.490 e. The van der Waals surface area contributed by atoms with E-state index in [2.05, 4.69) is 4.98 Å². The van der Waals surface area contributed by atoms with Gasteiger partial charge in [-0.25, -0.2) is 0 Å². The van der Waals surface area contributed by atoms with Crippen LogP contribution in [0.3, 0.4) is 0 Å². The Labute approximate surface area is 165 Å². The number of ether oxygens (including phenoxy) is 1. The molecule has 0 saturated carbocycles. The fourth-order valence-corrected chi connectivity index (χ4v) is 3.01. The Kier molecular flexibility index (Phi) is 7.54. The molecule has 0 fully saturated rings. The normalized spacial score (nSPS) is 13.4. The topological polar surface area (TPSA) is 22.1 Å². The lowest BCUT2D eigenvalue weighted by Gasteiger charge is -2.20. The Bertz CT molecular complexity index is 783. The zero-order valence-electron chi connectivity index (χ0n) is 16.2. The van der Waals surface area contributed by atoms with E-state index in [1.165, 1.54) is 25.1 Å². The molecule has 1 atom stereocenters. The van der Waals surface area contributed by atoms with Crippen molar-refractivity contribution >= 4 is 0 Å². The summed E-state index contributed by atoms with van der Waals surface area (Å²) in [5.41, 5.74) is -0.860. The number of aryl methyl sites for hydroxylation is 2. The molecule has 1 unspecified atom stereocenters. The van der Waals surface area contributed by atoms with Gasteiger partial charge in [0.05, 0.1) is 17.2 Å². The third-order valence-electron chi connectivity index (χ3n) is 4.54. The van der Waals surface area contributed by atoms with Crippen LogP contribution in [0.5, 0.6) is 5.75 Å². The molecule has 2 rings (SSSR count). The van der Waals surface area contributed by atoms with Crippen molar-refractivity contribution in [2.45, 2.75) is 64.4 Å². The van der Waals surface area contributed by atoms with Crippen LogP contribution in [0.4, 0.5) is 26.3 Å². The molecule has 0 aliphatic carbocycles. The maximum Gasteiger partial charge on any atom is 0.417 e. The van der Waals surface area contributed by atoms with E-state index in [0.717, 1.165) is 24.8 Å². The molecule has 0 N–H and O–H groups in total. The monoisotopic (exact) mass is 419 g/mol. The maximum absolute atomic E-state index is 13.1. The van der Waals surface area contributed by atoms with Crippen LogP contribution in [0, 0.1) is 6.92 Å². The number of halogens is 6. The van der Waals surface area contributed by atoms with Gasteiger partial charge in [0.25, 0.3) is 0 Å². The van der Waals surface area contributed by atoms with Crippen molar-refractivity contribution in [1.29, 1.82) is 0 Å². The zero-order valence-corrected chi connectivity index (χ0v) is 16.2. The molecule has 0 bridgehead atoms. The summed E-state index contributed by atoms with van der Waals surface area (Å²) in [6, 6.07) is 6.24. The average Bonchev–Trinajstić information content (AvgIpc) is 2.62. The Morgan fingerprint density at radius 2 is 1.69 bits per heavy atom. The predicted molar refractivity (Wildman–Crippen MR) is 97.7 cm³/mol. The van der Waals surface area contributed by atoms with E-state index in [9.17, 15) is 26.3 Å². The summed E-state index contributed by atoms with van der Waals surface area (Å²) in [4.78, 5) is 3.83. The summed E-state index contributed by atoms with van der Waals surface area (Å²) in [6.07, 6.45) is -5.27. The highest BCUT2D eigenvalue weighted by Gasteiger charge is 2.33. The zero-order chi connectivity index (χ0) is 21.7. The molecule has 29 heavy (non-hydrogen) atoms. The van der Waals surface area contributed by atoms with Crippen molar-refractivity contribution in [3.05, 3.63) is 58.9 Å². The fourth-order valence-electron chi connectivity index (χ4n) is 3.01. The van der Waals surface area contributed by atoms with Gasteiger partial charge in [0.1, 0.15) is 5.75 Å². The molecular weight excluding hydrogens is 396 g/mol. The van der Waals surface area contributed by atoms with Crippen molar-refractivity contribution in [3.63, 3.8) is 0 Å². The third kappa shape index (κ3) is 6.94. The van der Waals surface area contributed by atoms with Gasteiger partial charge in [-0.05, 0) is 62.4 Å². The van der Waals surface area contributed by atoms with Gasteiger partial charge >= 0.3 is 12.4 Å². The van der Waals surface area contributed by atoms with Gasteiger partial charge < -0.3 is 4.74 Å². The average molecular weight is 419 g/mol. The smallest absolute Gasteiger partial charge is 0.417 e. The minimum absolute atomic E-state index is 0.130. The predicted octanol–water partition coefficient (Wildman–Crippen LogP) is 7.00. The van der Waals surface area contributed by atoms with Crippen LogP contribution in [0.1, 0.15) is 55.0 Å². The molecule has 0 aliphatic rings. The SMILES string of the molecule is CCCC(CCCc1ccc(C(F)(F)F)cn1)Oc1ccc(C)c(C(F)(F)F)c1. The van der Waals surface area contributed by atoms with E-state index >= 15 is 0 Å². The highest BCUT2D eigenvalue weighted by atomic mass is 19.4. The number of aromatic nitrogens is 1. The van der Waals surface area contributed by atoms with Crippen LogP contribution in [0.2, 0.25) is 0 Å². The molecule has 0 amide bonds. The second-order valence-electron chi connectivity index (χ2n) is 6.93. The molecule has 0 radical (unpaired) electrons. The maximum atomic E-state index is 13.1. The standard InChI is InChI=1S/C21H23F6NO/c1-3-5-17(29-18-11-8-14(2)19(12-18)21(25,26)27)7-4-6-16-10-9-15(13-28-16)20(22,23)24/h8-13,17H,3-7H2,1-2H3. The van der Waals surface area contributed by atoms with E-state index in [-0.39, 0.29) is 17.4 Å². The first-order valence-corrected chi connectivity index (χ1v) is 9.37. The lowest BCUT2D eigenvalue weighted by molar-refractivity contribution is -0.138. The number of rotatable bonds is 8. The van der Waals surface area contributed by atoms with Crippen molar-refractivity contribution in [2.75, 3.05) is 0 Å². The first-order valence-electron chi connectivity index (χ1n) is 9.37. The molecule has 0 aliphatic heterocycles. The van der Waals surface area contributed by atoms with Gasteiger partial charge in [-0.1, -0.05) is 19.4 Å². The van der Waals surface area contributed by atoms with Gasteiger partial charge in [0.2, 0.25) is 0 Å². The Morgan fingerprint density at radius 1 is 0.966 bits per heavy atom. The molecule has 2 nitrogen and oxygen atoms in total. The molecular formula is C21H23F6NO. The Balaban J connectivity index is 1.97. The number of hydrogen-bond donors (Lipinski definition) is 0. The van der Waals surface area contributed by atoms with Crippen LogP contribution in [-0.4, -0.2) is 11.1 Å². The summed E-state index contributed by atoms with van der Waals surface area (Å²) in [5.74, 6) is 0.161. The van der Waals surface area contributed by atoms with Crippen LogP contribution in [0.25, 0.3) is 0 Å². The molecule has 160 valence electrons. The summed E-state index contributed by atoms with van der Waals surface area (Å²) < 4.78 is 82.7. The highest BCUT2D eigenvalue weighted by molar-refractivity contribution is 5.36. The lowest BCUT2D eigenvalue weighted by Crippen LogP contribution is -2.17. The largest absolute Gasteiger partial charge is 0.490 e. The first-order chi connectivity index (χ1) is 13.5. The number of hydrogen-bond acceptors (Lipinski definition) is 2. The van der Waals surface area contributed by atoms with Crippen LogP contribution >= 0.6 is 0 Å². The highest BCUT2D eigenvalue weighted by Crippen LogP contribution is 2.34. The van der Waals surface area contributed by atoms with Crippen LogP contribution in [0.15, 0.2) is 36.5 Å². The van der Waals surface area contributed by atoms with E-state index < -0.39 is 23.5 Å². The van der Waals surface area contributed by atoms with Crippen molar-refractivity contribution < 1.29 is 31.1 Å². The number of nitrogens with zero attached hydrogens (tertiary/aromatic N) is 1. The van der Waals surface area contributed by atoms with Gasteiger partial charge in [-0.3, -0.25) is 4.98 Å². The second kappa shape index (κ2) is 9.50. The molecule has 0 spiro atoms. The summed E-state index contributed by atoms with van der Waals surface area (Å²) >= 11 is 0. The van der Waals surface area contributed by atoms with Crippen molar-refractivity contribution in [2.24, 2.45) is 0 Å². The van der Waals surface area contributed by atoms with E-state index in [0.29, 0.717) is 31.4 Å². The minimum atomic E-state index is -4.45. The van der Waals surface area contributed by atoms with Gasteiger partial charge in [-0.2, -0.15) is 26.3 Å². The van der Waals surface area contributed by atoms with E-state index in [1.807, 2.05) is 6.92 Å². The van der Waals surface area contributed by atoms with E-state index in [4.69, 9.17) is 4.74 Å². The Morgan fingerprint density at radius 3 is 2.24 bits per heavy atom. The van der Waals surface area contributed by atoms with Gasteiger partial charge in [-0.15, -0.1) is 0 Å². The molecule has 8 heteroatoms. The van der Waals surface area contributed by atoms with Crippen molar-refractivity contribution in [1.82, 2.24) is 4.98 Å².